The van der Waals surface area contributed by atoms with E-state index in [9.17, 15) is 19.2 Å². The van der Waals surface area contributed by atoms with E-state index in [1.54, 1.807) is 0 Å². The van der Waals surface area contributed by atoms with Gasteiger partial charge in [0, 0.05) is 32.4 Å². The predicted molar refractivity (Wildman–Crippen MR) is 171 cm³/mol. The average Bonchev–Trinajstić information content (AvgIpc) is 3.38. The highest BCUT2D eigenvalue weighted by atomic mass is 16.6. The first-order chi connectivity index (χ1) is 21.2. The topological polar surface area (TPSA) is 123 Å². The minimum absolute atomic E-state index is 0.139. The van der Waals surface area contributed by atoms with Crippen LogP contribution in [0.15, 0.2) is 0 Å². The number of rotatable bonds is 28. The molecule has 1 unspecified atom stereocenters. The van der Waals surface area contributed by atoms with Crippen LogP contribution < -0.4 is 0 Å². The maximum Gasteiger partial charge on any atom is 0.323 e. The van der Waals surface area contributed by atoms with Gasteiger partial charge in [0.25, 0.3) is 0 Å². The second-order valence-corrected chi connectivity index (χ2v) is 12.5. The summed E-state index contributed by atoms with van der Waals surface area (Å²) in [5.41, 5.74) is 0. The molecule has 10 nitrogen and oxygen atoms in total. The maximum absolute atomic E-state index is 12.9. The molecular weight excluding hydrogens is 564 g/mol. The van der Waals surface area contributed by atoms with Crippen LogP contribution in [0, 0.1) is 0 Å². The smallest absolute Gasteiger partial charge is 0.323 e. The molecule has 1 N–H and O–H groups in total. The average molecular weight is 627 g/mol. The summed E-state index contributed by atoms with van der Waals surface area (Å²) in [6, 6.07) is -0.463. The first-order valence-corrected chi connectivity index (χ1v) is 17.3. The fourth-order valence-corrected chi connectivity index (χ4v) is 5.43. The van der Waals surface area contributed by atoms with Crippen LogP contribution in [0.2, 0.25) is 0 Å². The molecule has 0 amide bonds. The van der Waals surface area contributed by atoms with Crippen molar-refractivity contribution in [2.75, 3.05) is 46.9 Å². The van der Waals surface area contributed by atoms with E-state index in [0.717, 1.165) is 44.9 Å². The Hall–Kier alpha value is -2.20. The van der Waals surface area contributed by atoms with Crippen LogP contribution in [0.1, 0.15) is 135 Å². The third kappa shape index (κ3) is 21.5. The zero-order chi connectivity index (χ0) is 32.4. The van der Waals surface area contributed by atoms with Crippen LogP contribution in [0.4, 0.5) is 0 Å². The normalized spacial score (nSPS) is 16.7. The fraction of sp³-hybridized carbons (Fsp3) is 0.882. The highest BCUT2D eigenvalue weighted by Crippen LogP contribution is 2.23. The van der Waals surface area contributed by atoms with Crippen LogP contribution in [0.5, 0.6) is 0 Å². The molecule has 0 bridgehead atoms. The largest absolute Gasteiger partial charge is 0.481 e. The van der Waals surface area contributed by atoms with Gasteiger partial charge < -0.3 is 24.2 Å². The molecule has 0 aliphatic carbocycles. The van der Waals surface area contributed by atoms with Gasteiger partial charge in [0.1, 0.15) is 12.1 Å². The van der Waals surface area contributed by atoms with Crippen molar-refractivity contribution in [1.29, 1.82) is 0 Å². The number of carbonyl (C=O) groups excluding carboxylic acids is 3. The zero-order valence-corrected chi connectivity index (χ0v) is 28.0. The van der Waals surface area contributed by atoms with Gasteiger partial charge in [-0.15, -0.1) is 0 Å². The highest BCUT2D eigenvalue weighted by molar-refractivity contribution is 5.76. The number of ether oxygens (including phenoxy) is 3. The molecule has 10 heteroatoms. The first kappa shape index (κ1) is 39.8. The molecule has 0 aromatic rings. The summed E-state index contributed by atoms with van der Waals surface area (Å²) in [4.78, 5) is 52.0. The molecule has 0 spiro atoms. The third-order valence-electron chi connectivity index (χ3n) is 8.06. The number of aliphatic carboxylic acids is 1. The van der Waals surface area contributed by atoms with Crippen LogP contribution in [0.25, 0.3) is 0 Å². The summed E-state index contributed by atoms with van der Waals surface area (Å²) in [6.45, 7) is 4.79. The summed E-state index contributed by atoms with van der Waals surface area (Å²) >= 11 is 0. The van der Waals surface area contributed by atoms with Crippen molar-refractivity contribution in [2.45, 2.75) is 147 Å². The molecule has 1 heterocycles. The summed E-state index contributed by atoms with van der Waals surface area (Å²) in [5.74, 6) is -1.50. The number of unbranched alkanes of at least 4 members (excludes halogenated alkanes) is 13. The van der Waals surface area contributed by atoms with E-state index in [1.165, 1.54) is 44.9 Å². The third-order valence-corrected chi connectivity index (χ3v) is 8.06. The molecule has 1 aliphatic heterocycles. The van der Waals surface area contributed by atoms with Crippen LogP contribution in [-0.2, 0) is 33.4 Å². The van der Waals surface area contributed by atoms with Crippen molar-refractivity contribution in [3.63, 3.8) is 0 Å². The minimum atomic E-state index is -0.793. The maximum atomic E-state index is 12.9. The first-order valence-electron chi connectivity index (χ1n) is 17.3. The molecule has 1 saturated heterocycles. The lowest BCUT2D eigenvalue weighted by molar-refractivity contribution is -0.151. The lowest BCUT2D eigenvalue weighted by atomic mass is 10.1. The Balaban J connectivity index is 2.32. The van der Waals surface area contributed by atoms with Crippen molar-refractivity contribution in [3.05, 3.63) is 0 Å². The molecular formula is C34H62N2O8. The number of carboxylic acids is 1. The van der Waals surface area contributed by atoms with Gasteiger partial charge in [0.15, 0.2) is 0 Å². The van der Waals surface area contributed by atoms with Crippen molar-refractivity contribution in [1.82, 2.24) is 9.80 Å². The van der Waals surface area contributed by atoms with E-state index in [4.69, 9.17) is 19.3 Å². The van der Waals surface area contributed by atoms with Gasteiger partial charge in [-0.1, -0.05) is 77.6 Å². The van der Waals surface area contributed by atoms with Crippen LogP contribution >= 0.6 is 0 Å². The molecule has 1 aliphatic rings. The van der Waals surface area contributed by atoms with E-state index in [-0.39, 0.29) is 30.4 Å². The second kappa shape index (κ2) is 26.1. The molecule has 0 saturated carbocycles. The molecule has 0 radical (unpaired) electrons. The quantitative estimate of drug-likeness (QED) is 0.0616. The van der Waals surface area contributed by atoms with Gasteiger partial charge in [-0.2, -0.15) is 0 Å². The van der Waals surface area contributed by atoms with Crippen LogP contribution in [-0.4, -0.2) is 97.9 Å². The molecule has 256 valence electrons. The van der Waals surface area contributed by atoms with Crippen molar-refractivity contribution in [3.8, 4) is 0 Å². The SMILES string of the molecule is CCCCCCCCCCCOC(=O)CCCCCN1CC(OC(=O)CCN(C)C)C[C@H]1C(=O)OCCCCCCC(=O)O. The van der Waals surface area contributed by atoms with Gasteiger partial charge in [-0.3, -0.25) is 24.1 Å². The summed E-state index contributed by atoms with van der Waals surface area (Å²) < 4.78 is 16.6. The number of carbonyl (C=O) groups is 4. The Morgan fingerprint density at radius 1 is 0.705 bits per heavy atom. The van der Waals surface area contributed by atoms with Gasteiger partial charge in [0.2, 0.25) is 0 Å². The Morgan fingerprint density at radius 2 is 1.27 bits per heavy atom. The number of carboxylic acid groups (broad SMARTS) is 1. The van der Waals surface area contributed by atoms with E-state index in [2.05, 4.69) is 6.92 Å². The Morgan fingerprint density at radius 3 is 1.91 bits per heavy atom. The fourth-order valence-electron chi connectivity index (χ4n) is 5.43. The van der Waals surface area contributed by atoms with Gasteiger partial charge in [-0.25, -0.2) is 0 Å². The highest BCUT2D eigenvalue weighted by Gasteiger charge is 2.39. The number of likely N-dealkylation sites (tertiary alicyclic amines) is 1. The molecule has 0 aromatic carbocycles. The van der Waals surface area contributed by atoms with Crippen molar-refractivity contribution >= 4 is 23.9 Å². The number of nitrogens with zero attached hydrogens (tertiary/aromatic N) is 2. The van der Waals surface area contributed by atoms with E-state index < -0.39 is 12.0 Å². The summed E-state index contributed by atoms with van der Waals surface area (Å²) in [5, 5.41) is 8.74. The molecule has 1 rings (SSSR count). The summed E-state index contributed by atoms with van der Waals surface area (Å²) in [7, 11) is 3.81. The van der Waals surface area contributed by atoms with E-state index >= 15 is 0 Å². The standard InChI is InChI=1S/C34H62N2O8/c1-4-5-6-7-8-9-10-12-18-25-42-32(39)21-16-14-17-23-36-28-29(44-33(40)22-24-35(2)3)27-30(36)34(41)43-26-19-13-11-15-20-31(37)38/h29-30H,4-28H2,1-3H3,(H,37,38)/t29?,30-/m0/s1. The Bertz CT molecular complexity index is 791. The van der Waals surface area contributed by atoms with E-state index in [0.29, 0.717) is 65.0 Å². The lowest BCUT2D eigenvalue weighted by Gasteiger charge is -2.22. The minimum Gasteiger partial charge on any atom is -0.481 e. The van der Waals surface area contributed by atoms with Crippen molar-refractivity contribution < 1.29 is 38.5 Å². The Labute approximate surface area is 266 Å². The summed E-state index contributed by atoms with van der Waals surface area (Å²) in [6.07, 6.45) is 17.3. The molecule has 44 heavy (non-hydrogen) atoms. The van der Waals surface area contributed by atoms with Gasteiger partial charge in [-0.05, 0) is 52.7 Å². The number of hydrogen-bond acceptors (Lipinski definition) is 9. The van der Waals surface area contributed by atoms with E-state index in [1.807, 2.05) is 23.9 Å². The zero-order valence-electron chi connectivity index (χ0n) is 28.0. The molecule has 2 atom stereocenters. The van der Waals surface area contributed by atoms with Crippen LogP contribution in [0.3, 0.4) is 0 Å². The molecule has 0 aromatic heterocycles. The molecule has 1 fully saturated rings. The Kier molecular flexibility index (Phi) is 23.6. The monoisotopic (exact) mass is 626 g/mol. The van der Waals surface area contributed by atoms with Crippen molar-refractivity contribution in [2.24, 2.45) is 0 Å². The number of hydrogen-bond donors (Lipinski definition) is 1. The van der Waals surface area contributed by atoms with Gasteiger partial charge in [0.05, 0.1) is 19.6 Å². The lowest BCUT2D eigenvalue weighted by Crippen LogP contribution is -2.38. The van der Waals surface area contributed by atoms with Gasteiger partial charge >= 0.3 is 23.9 Å². The number of esters is 3. The second-order valence-electron chi connectivity index (χ2n) is 12.5. The predicted octanol–water partition coefficient (Wildman–Crippen LogP) is 6.14.